The first-order valence-corrected chi connectivity index (χ1v) is 14.9. The highest BCUT2D eigenvalue weighted by Crippen LogP contribution is 2.39. The Bertz CT molecular complexity index is 2280. The highest BCUT2D eigenvalue weighted by atomic mass is 16.3. The molecule has 45 heavy (non-hydrogen) atoms. The zero-order valence-corrected chi connectivity index (χ0v) is 24.6. The van der Waals surface area contributed by atoms with Gasteiger partial charge in [0.15, 0.2) is 17.5 Å². The molecule has 0 fully saturated rings. The van der Waals surface area contributed by atoms with Gasteiger partial charge in [-0.15, -0.1) is 0 Å². The van der Waals surface area contributed by atoms with Crippen LogP contribution >= 0.6 is 0 Å². The van der Waals surface area contributed by atoms with Crippen molar-refractivity contribution in [2.24, 2.45) is 0 Å². The molecule has 0 radical (unpaired) electrons. The lowest BCUT2D eigenvalue weighted by atomic mass is 10.0. The summed E-state index contributed by atoms with van der Waals surface area (Å²) in [7, 11) is 0. The van der Waals surface area contributed by atoms with E-state index >= 15 is 0 Å². The monoisotopic (exact) mass is 584 g/mol. The van der Waals surface area contributed by atoms with Crippen molar-refractivity contribution < 1.29 is 4.42 Å². The third-order valence-electron chi connectivity index (χ3n) is 8.09. The first-order chi connectivity index (χ1) is 22.2. The number of aromatic nitrogens is 5. The van der Waals surface area contributed by atoms with Gasteiger partial charge in [0.25, 0.3) is 0 Å². The largest absolute Gasteiger partial charge is 0.456 e. The van der Waals surface area contributed by atoms with Crippen molar-refractivity contribution in [3.63, 3.8) is 0 Å². The molecular formula is C38H28N6O. The molecule has 0 aliphatic rings. The van der Waals surface area contributed by atoms with Gasteiger partial charge in [0.05, 0.1) is 11.0 Å². The van der Waals surface area contributed by atoms with Crippen LogP contribution in [0.3, 0.4) is 0 Å². The first-order valence-electron chi connectivity index (χ1n) is 14.9. The number of rotatable bonds is 7. The maximum Gasteiger partial charge on any atom is 0.164 e. The van der Waals surface area contributed by atoms with Crippen LogP contribution in [-0.2, 0) is 0 Å². The van der Waals surface area contributed by atoms with Crippen molar-refractivity contribution in [2.45, 2.75) is 6.92 Å². The molecule has 0 N–H and O–H groups in total. The molecular weight excluding hydrogens is 556 g/mol. The molecule has 8 aromatic rings. The molecule has 0 spiro atoms. The van der Waals surface area contributed by atoms with Crippen LogP contribution in [0.2, 0.25) is 0 Å². The van der Waals surface area contributed by atoms with Gasteiger partial charge < -0.3 is 9.32 Å². The van der Waals surface area contributed by atoms with Crippen LogP contribution in [-0.4, -0.2) is 31.0 Å². The number of benzene rings is 5. The van der Waals surface area contributed by atoms with Crippen LogP contribution in [0.4, 0.5) is 5.69 Å². The zero-order valence-electron chi connectivity index (χ0n) is 24.6. The summed E-state index contributed by atoms with van der Waals surface area (Å²) in [5, 5.41) is 1.93. The second kappa shape index (κ2) is 10.9. The van der Waals surface area contributed by atoms with E-state index in [1.807, 2.05) is 108 Å². The van der Waals surface area contributed by atoms with Crippen molar-refractivity contribution in [1.29, 1.82) is 0 Å². The van der Waals surface area contributed by atoms with E-state index < -0.39 is 0 Å². The number of para-hydroxylation sites is 2. The molecule has 0 saturated carbocycles. The smallest absolute Gasteiger partial charge is 0.164 e. The fraction of sp³-hybridized carbons (Fsp3) is 0.0526. The van der Waals surface area contributed by atoms with Crippen molar-refractivity contribution in [3.8, 4) is 34.2 Å². The van der Waals surface area contributed by atoms with Crippen LogP contribution < -0.4 is 4.90 Å². The molecule has 5 aromatic carbocycles. The summed E-state index contributed by atoms with van der Waals surface area (Å²) in [6, 6.07) is 40.4. The molecule has 0 amide bonds. The van der Waals surface area contributed by atoms with Gasteiger partial charge in [-0.3, -0.25) is 4.57 Å². The van der Waals surface area contributed by atoms with Gasteiger partial charge in [-0.2, -0.15) is 0 Å². The summed E-state index contributed by atoms with van der Waals surface area (Å²) in [5.74, 6) is 2.64. The van der Waals surface area contributed by atoms with Crippen molar-refractivity contribution in [3.05, 3.63) is 134 Å². The minimum atomic E-state index is 0.586. The van der Waals surface area contributed by atoms with Crippen LogP contribution in [0.15, 0.2) is 139 Å². The average Bonchev–Trinajstić information content (AvgIpc) is 3.71. The molecule has 0 bridgehead atoms. The van der Waals surface area contributed by atoms with Crippen molar-refractivity contribution in [1.82, 2.24) is 24.5 Å². The van der Waals surface area contributed by atoms with E-state index in [1.54, 1.807) is 0 Å². The molecule has 0 aliphatic carbocycles. The molecule has 0 atom stereocenters. The number of fused-ring (bicyclic) bond motifs is 4. The predicted molar refractivity (Wildman–Crippen MR) is 181 cm³/mol. The van der Waals surface area contributed by atoms with E-state index in [4.69, 9.17) is 19.4 Å². The SMILES string of the molecule is C=C(N(CC)c1ccc2oc3cccc(-c4nc(-c5ccccc5)nc(-c5ccccc5)n4)c3c2c1)n1cnc2ccccc21. The van der Waals surface area contributed by atoms with E-state index in [9.17, 15) is 0 Å². The summed E-state index contributed by atoms with van der Waals surface area (Å²) < 4.78 is 8.41. The third kappa shape index (κ3) is 4.62. The second-order valence-electron chi connectivity index (χ2n) is 10.8. The standard InChI is InChI=1S/C38H28N6O/c1-3-43(25(2)44-24-39-31-18-10-11-19-32(31)44)28-21-22-33-30(23-28)35-29(17-12-20-34(35)45-33)38-41-36(26-13-6-4-7-14-26)40-37(42-38)27-15-8-5-9-16-27/h4-24H,2-3H2,1H3. The topological polar surface area (TPSA) is 72.9 Å². The zero-order chi connectivity index (χ0) is 30.3. The summed E-state index contributed by atoms with van der Waals surface area (Å²) in [6.45, 7) is 7.30. The number of hydrogen-bond acceptors (Lipinski definition) is 6. The van der Waals surface area contributed by atoms with Crippen LogP contribution in [0.25, 0.3) is 73.0 Å². The minimum absolute atomic E-state index is 0.586. The molecule has 0 saturated heterocycles. The lowest BCUT2D eigenvalue weighted by Gasteiger charge is -2.26. The molecule has 7 heteroatoms. The quantitative estimate of drug-likeness (QED) is 0.186. The Morgan fingerprint density at radius 3 is 2.09 bits per heavy atom. The van der Waals surface area contributed by atoms with Crippen molar-refractivity contribution in [2.75, 3.05) is 11.4 Å². The van der Waals surface area contributed by atoms with Gasteiger partial charge in [-0.1, -0.05) is 91.5 Å². The van der Waals surface area contributed by atoms with Gasteiger partial charge in [-0.05, 0) is 43.3 Å². The number of imidazole rings is 1. The van der Waals surface area contributed by atoms with E-state index in [1.165, 1.54) is 0 Å². The lowest BCUT2D eigenvalue weighted by Crippen LogP contribution is -2.23. The van der Waals surface area contributed by atoms with E-state index in [-0.39, 0.29) is 0 Å². The number of anilines is 1. The Balaban J connectivity index is 1.30. The molecule has 216 valence electrons. The molecule has 0 aliphatic heterocycles. The fourth-order valence-corrected chi connectivity index (χ4v) is 5.91. The average molecular weight is 585 g/mol. The molecule has 3 aromatic heterocycles. The van der Waals surface area contributed by atoms with Gasteiger partial charge in [0.1, 0.15) is 23.3 Å². The molecule has 0 unspecified atom stereocenters. The van der Waals surface area contributed by atoms with Gasteiger partial charge in [0, 0.05) is 39.7 Å². The maximum absolute atomic E-state index is 6.38. The lowest BCUT2D eigenvalue weighted by molar-refractivity contribution is 0.669. The van der Waals surface area contributed by atoms with Crippen molar-refractivity contribution >= 4 is 44.5 Å². The van der Waals surface area contributed by atoms with Gasteiger partial charge >= 0.3 is 0 Å². The normalized spacial score (nSPS) is 11.4. The van der Waals surface area contributed by atoms with Crippen LogP contribution in [0.1, 0.15) is 6.92 Å². The predicted octanol–water partition coefficient (Wildman–Crippen LogP) is 9.08. The van der Waals surface area contributed by atoms with Crippen LogP contribution in [0.5, 0.6) is 0 Å². The number of nitrogens with zero attached hydrogens (tertiary/aromatic N) is 6. The Hall–Kier alpha value is -6.08. The summed E-state index contributed by atoms with van der Waals surface area (Å²) in [4.78, 5) is 21.6. The third-order valence-corrected chi connectivity index (χ3v) is 8.09. The highest BCUT2D eigenvalue weighted by Gasteiger charge is 2.20. The number of furan rings is 1. The van der Waals surface area contributed by atoms with E-state index in [2.05, 4.69) is 47.7 Å². The highest BCUT2D eigenvalue weighted by molar-refractivity contribution is 6.12. The first kappa shape index (κ1) is 26.5. The summed E-state index contributed by atoms with van der Waals surface area (Å²) in [6.07, 6.45) is 1.83. The molecule has 3 heterocycles. The van der Waals surface area contributed by atoms with Gasteiger partial charge in [-0.25, -0.2) is 19.9 Å². The molecule has 8 rings (SSSR count). The maximum atomic E-state index is 6.38. The second-order valence-corrected chi connectivity index (χ2v) is 10.8. The summed E-state index contributed by atoms with van der Waals surface area (Å²) >= 11 is 0. The van der Waals surface area contributed by atoms with E-state index in [0.717, 1.165) is 61.2 Å². The van der Waals surface area contributed by atoms with E-state index in [0.29, 0.717) is 24.0 Å². The molecule has 7 nitrogen and oxygen atoms in total. The minimum Gasteiger partial charge on any atom is -0.456 e. The Kier molecular flexibility index (Phi) is 6.42. The van der Waals surface area contributed by atoms with Gasteiger partial charge in [0.2, 0.25) is 0 Å². The Morgan fingerprint density at radius 2 is 1.38 bits per heavy atom. The fourth-order valence-electron chi connectivity index (χ4n) is 5.91. The Morgan fingerprint density at radius 1 is 0.711 bits per heavy atom. The summed E-state index contributed by atoms with van der Waals surface area (Å²) in [5.41, 5.74) is 7.22. The number of hydrogen-bond donors (Lipinski definition) is 0. The Labute approximate surface area is 259 Å². The van der Waals surface area contributed by atoms with Crippen LogP contribution in [0, 0.1) is 0 Å².